The summed E-state index contributed by atoms with van der Waals surface area (Å²) < 4.78 is 28.3. The first kappa shape index (κ1) is 14.1. The average Bonchev–Trinajstić information content (AvgIpc) is 3.01. The average molecular weight is 327 g/mol. The van der Waals surface area contributed by atoms with Crippen LogP contribution in [0.25, 0.3) is 10.9 Å². The highest BCUT2D eigenvalue weighted by atomic mass is 31.2. The fourth-order valence-electron chi connectivity index (χ4n) is 2.83. The number of hydrogen-bond donors (Lipinski definition) is 3. The Morgan fingerprint density at radius 1 is 1.45 bits per heavy atom. The first-order valence-electron chi connectivity index (χ1n) is 6.67. The van der Waals surface area contributed by atoms with E-state index in [0.29, 0.717) is 11.2 Å². The monoisotopic (exact) mass is 327 g/mol. The zero-order valence-electron chi connectivity index (χ0n) is 11.3. The van der Waals surface area contributed by atoms with Crippen LogP contribution < -0.4 is 5.73 Å². The van der Waals surface area contributed by atoms with Crippen LogP contribution in [-0.2, 0) is 18.3 Å². The number of nitrogen functional groups attached to an aromatic ring is 1. The summed E-state index contributed by atoms with van der Waals surface area (Å²) in [6, 6.07) is 5.32. The summed E-state index contributed by atoms with van der Waals surface area (Å²) in [6.45, 7) is -0.132. The lowest BCUT2D eigenvalue weighted by atomic mass is 10.1. The molecule has 0 spiro atoms. The number of anilines is 1. The maximum absolute atomic E-state index is 11.5. The minimum Gasteiger partial charge on any atom is -0.398 e. The van der Waals surface area contributed by atoms with Crippen LogP contribution in [0.2, 0.25) is 0 Å². The zero-order valence-corrected chi connectivity index (χ0v) is 12.2. The number of rotatable bonds is 1. The van der Waals surface area contributed by atoms with E-state index < -0.39 is 32.4 Å². The van der Waals surface area contributed by atoms with Gasteiger partial charge >= 0.3 is 7.82 Å². The number of nitrogens with zero attached hydrogens (tertiary/aromatic N) is 2. The van der Waals surface area contributed by atoms with E-state index in [-0.39, 0.29) is 6.61 Å². The summed E-state index contributed by atoms with van der Waals surface area (Å²) in [5, 5.41) is 15.3. The molecule has 0 amide bonds. The maximum Gasteiger partial charge on any atom is 0.472 e. The molecule has 2 saturated heterocycles. The number of phosphoric ester groups is 1. The van der Waals surface area contributed by atoms with Crippen molar-refractivity contribution in [3.63, 3.8) is 0 Å². The first-order valence-corrected chi connectivity index (χ1v) is 8.17. The molecular weight excluding hydrogens is 313 g/mol. The second kappa shape index (κ2) is 4.76. The lowest BCUT2D eigenvalue weighted by molar-refractivity contribution is -0.0693. The van der Waals surface area contributed by atoms with Crippen LogP contribution in [0.5, 0.6) is 0 Å². The molecular formula is C12H14N3O6P. The van der Waals surface area contributed by atoms with Gasteiger partial charge in [-0.1, -0.05) is 6.07 Å². The van der Waals surface area contributed by atoms with Gasteiger partial charge in [0.15, 0.2) is 6.23 Å². The van der Waals surface area contributed by atoms with Gasteiger partial charge in [-0.25, -0.2) is 9.25 Å². The van der Waals surface area contributed by atoms with E-state index in [4.69, 9.17) is 19.5 Å². The van der Waals surface area contributed by atoms with Gasteiger partial charge in [-0.15, -0.1) is 0 Å². The molecule has 2 fully saturated rings. The molecule has 1 aromatic carbocycles. The van der Waals surface area contributed by atoms with Gasteiger partial charge in [0.2, 0.25) is 0 Å². The number of nitrogens with two attached hydrogens (primary N) is 1. The Morgan fingerprint density at radius 3 is 3.09 bits per heavy atom. The molecule has 4 N–H and O–H groups in total. The molecule has 0 bridgehead atoms. The topological polar surface area (TPSA) is 129 Å². The van der Waals surface area contributed by atoms with E-state index in [2.05, 4.69) is 5.10 Å². The van der Waals surface area contributed by atoms with Gasteiger partial charge in [0.25, 0.3) is 0 Å². The minimum absolute atomic E-state index is 0.132. The van der Waals surface area contributed by atoms with Gasteiger partial charge < -0.3 is 20.5 Å². The number of hydrogen-bond acceptors (Lipinski definition) is 7. The van der Waals surface area contributed by atoms with Crippen LogP contribution in [0.15, 0.2) is 24.4 Å². The summed E-state index contributed by atoms with van der Waals surface area (Å²) in [7, 11) is -4.14. The van der Waals surface area contributed by atoms with E-state index in [9.17, 15) is 14.6 Å². The van der Waals surface area contributed by atoms with E-state index >= 15 is 0 Å². The molecule has 22 heavy (non-hydrogen) atoms. The second-order valence-corrected chi connectivity index (χ2v) is 6.67. The number of aliphatic hydroxyl groups excluding tert-OH is 1. The lowest BCUT2D eigenvalue weighted by Gasteiger charge is -2.27. The first-order chi connectivity index (χ1) is 10.5. The van der Waals surface area contributed by atoms with Crippen molar-refractivity contribution in [3.05, 3.63) is 24.4 Å². The predicted molar refractivity (Wildman–Crippen MR) is 74.7 cm³/mol. The van der Waals surface area contributed by atoms with Crippen molar-refractivity contribution in [1.82, 2.24) is 9.78 Å². The second-order valence-electron chi connectivity index (χ2n) is 5.26. The Balaban J connectivity index is 1.71. The number of aliphatic hydroxyl groups is 1. The van der Waals surface area contributed by atoms with Crippen LogP contribution in [0, 0.1) is 0 Å². The highest BCUT2D eigenvalue weighted by molar-refractivity contribution is 7.47. The molecule has 0 saturated carbocycles. The summed E-state index contributed by atoms with van der Waals surface area (Å²) >= 11 is 0. The number of phosphoric acid groups is 1. The number of ether oxygens (including phenoxy) is 1. The number of aromatic nitrogens is 2. The Bertz CT molecular complexity index is 779. The number of benzene rings is 1. The van der Waals surface area contributed by atoms with Gasteiger partial charge in [0.05, 0.1) is 18.3 Å². The van der Waals surface area contributed by atoms with Crippen molar-refractivity contribution < 1.29 is 28.3 Å². The third-order valence-electron chi connectivity index (χ3n) is 3.88. The normalized spacial score (nSPS) is 38.3. The maximum atomic E-state index is 11.5. The highest BCUT2D eigenvalue weighted by Gasteiger charge is 2.52. The van der Waals surface area contributed by atoms with Gasteiger partial charge in [0, 0.05) is 11.1 Å². The Hall–Kier alpha value is -1.48. The smallest absolute Gasteiger partial charge is 0.398 e. The Kier molecular flexibility index (Phi) is 3.06. The summed E-state index contributed by atoms with van der Waals surface area (Å²) in [6.07, 6.45) is -2.02. The summed E-state index contributed by atoms with van der Waals surface area (Å²) in [5.74, 6) is 0. The van der Waals surface area contributed by atoms with Crippen molar-refractivity contribution in [2.75, 3.05) is 12.3 Å². The largest absolute Gasteiger partial charge is 0.472 e. The molecule has 3 heterocycles. The molecule has 2 aliphatic heterocycles. The zero-order chi connectivity index (χ0) is 15.5. The molecule has 4 unspecified atom stereocenters. The van der Waals surface area contributed by atoms with E-state index in [1.807, 2.05) is 0 Å². The SMILES string of the molecule is Nc1cccc2c1cnn2C1OC2COP(=O)(O)O[C@H]2C1O. The molecule has 2 aromatic rings. The third-order valence-corrected chi connectivity index (χ3v) is 4.87. The highest BCUT2D eigenvalue weighted by Crippen LogP contribution is 2.52. The fourth-order valence-corrected chi connectivity index (χ4v) is 3.80. The van der Waals surface area contributed by atoms with Crippen molar-refractivity contribution >= 4 is 24.4 Å². The molecule has 10 heteroatoms. The van der Waals surface area contributed by atoms with Gasteiger partial charge in [0.1, 0.15) is 18.3 Å². The molecule has 5 atom stereocenters. The molecule has 4 rings (SSSR count). The number of fused-ring (bicyclic) bond motifs is 2. The molecule has 0 aliphatic carbocycles. The van der Waals surface area contributed by atoms with Crippen molar-refractivity contribution in [1.29, 1.82) is 0 Å². The van der Waals surface area contributed by atoms with E-state index in [1.54, 1.807) is 24.4 Å². The predicted octanol–water partition coefficient (Wildman–Crippen LogP) is 0.393. The molecule has 2 aliphatic rings. The van der Waals surface area contributed by atoms with Crippen LogP contribution in [-0.4, -0.2) is 44.7 Å². The van der Waals surface area contributed by atoms with Crippen LogP contribution in [0.3, 0.4) is 0 Å². The quantitative estimate of drug-likeness (QED) is 0.507. The van der Waals surface area contributed by atoms with E-state index in [0.717, 1.165) is 5.39 Å². The standard InChI is InChI=1S/C12H14N3O6P/c13-7-2-1-3-8-6(7)4-14-15(8)12-10(16)11-9(20-12)5-19-22(17,18)21-11/h1-4,9-12,16H,5,13H2,(H,17,18)/t9?,10?,11-,12?/m1/s1. The molecule has 1 aromatic heterocycles. The van der Waals surface area contributed by atoms with Crippen LogP contribution in [0.4, 0.5) is 5.69 Å². The minimum atomic E-state index is -4.14. The van der Waals surface area contributed by atoms with Gasteiger partial charge in [-0.05, 0) is 12.1 Å². The fraction of sp³-hybridized carbons (Fsp3) is 0.417. The van der Waals surface area contributed by atoms with Crippen LogP contribution >= 0.6 is 7.82 Å². The molecule has 9 nitrogen and oxygen atoms in total. The van der Waals surface area contributed by atoms with Crippen molar-refractivity contribution in [2.45, 2.75) is 24.5 Å². The third kappa shape index (κ3) is 2.06. The van der Waals surface area contributed by atoms with Crippen LogP contribution in [0.1, 0.15) is 6.23 Å². The summed E-state index contributed by atoms with van der Waals surface area (Å²) in [5.41, 5.74) is 7.14. The van der Waals surface area contributed by atoms with Crippen molar-refractivity contribution in [2.24, 2.45) is 0 Å². The van der Waals surface area contributed by atoms with Gasteiger partial charge in [-0.2, -0.15) is 5.10 Å². The Morgan fingerprint density at radius 2 is 2.27 bits per heavy atom. The van der Waals surface area contributed by atoms with Crippen molar-refractivity contribution in [3.8, 4) is 0 Å². The summed E-state index contributed by atoms with van der Waals surface area (Å²) in [4.78, 5) is 9.37. The Labute approximate surface area is 124 Å². The molecule has 0 radical (unpaired) electrons. The van der Waals surface area contributed by atoms with E-state index in [1.165, 1.54) is 4.68 Å². The lowest BCUT2D eigenvalue weighted by Crippen LogP contribution is -2.39. The molecule has 118 valence electrons. The van der Waals surface area contributed by atoms with Gasteiger partial charge in [-0.3, -0.25) is 9.05 Å².